The van der Waals surface area contributed by atoms with Crippen molar-refractivity contribution in [3.8, 4) is 0 Å². The lowest BCUT2D eigenvalue weighted by atomic mass is 9.97. The van der Waals surface area contributed by atoms with Crippen LogP contribution in [-0.4, -0.2) is 70.1 Å². The SMILES string of the molecule is CCC(C)C(NC(=O)C(CC(C)C)NC(=O)C(CC(N)=O)NC(=O)C(N)C(C)O)C(=O)O. The molecule has 0 aromatic carbocycles. The Morgan fingerprint density at radius 3 is 1.78 bits per heavy atom. The first-order valence-electron chi connectivity index (χ1n) is 10.6. The van der Waals surface area contributed by atoms with Gasteiger partial charge in [0.25, 0.3) is 0 Å². The van der Waals surface area contributed by atoms with Gasteiger partial charge in [-0.3, -0.25) is 19.2 Å². The summed E-state index contributed by atoms with van der Waals surface area (Å²) in [6.45, 7) is 8.36. The molecule has 0 saturated carbocycles. The van der Waals surface area contributed by atoms with Gasteiger partial charge in [-0.15, -0.1) is 0 Å². The molecule has 0 radical (unpaired) electrons. The molecule has 6 unspecified atom stereocenters. The van der Waals surface area contributed by atoms with E-state index >= 15 is 0 Å². The number of carbonyl (C=O) groups excluding carboxylic acids is 4. The zero-order valence-corrected chi connectivity index (χ0v) is 19.3. The highest BCUT2D eigenvalue weighted by molar-refractivity contribution is 5.96. The molecule has 0 saturated heterocycles. The molecule has 0 aliphatic rings. The summed E-state index contributed by atoms with van der Waals surface area (Å²) in [6, 6.07) is -5.05. The summed E-state index contributed by atoms with van der Waals surface area (Å²) >= 11 is 0. The molecule has 0 aromatic rings. The van der Waals surface area contributed by atoms with E-state index in [-0.39, 0.29) is 18.3 Å². The van der Waals surface area contributed by atoms with Crippen molar-refractivity contribution in [1.82, 2.24) is 16.0 Å². The van der Waals surface area contributed by atoms with Gasteiger partial charge in [-0.25, -0.2) is 4.79 Å². The van der Waals surface area contributed by atoms with Crippen molar-refractivity contribution >= 4 is 29.6 Å². The van der Waals surface area contributed by atoms with Crippen LogP contribution in [0.4, 0.5) is 0 Å². The van der Waals surface area contributed by atoms with Crippen LogP contribution in [0.3, 0.4) is 0 Å². The third-order valence-corrected chi connectivity index (χ3v) is 4.98. The van der Waals surface area contributed by atoms with E-state index < -0.39 is 66.3 Å². The van der Waals surface area contributed by atoms with Gasteiger partial charge < -0.3 is 37.6 Å². The first kappa shape index (κ1) is 29.3. The van der Waals surface area contributed by atoms with E-state index in [9.17, 15) is 34.2 Å². The molecular weight excluding hydrogens is 422 g/mol. The summed E-state index contributed by atoms with van der Waals surface area (Å²) in [7, 11) is 0. The lowest BCUT2D eigenvalue weighted by Crippen LogP contribution is -2.59. The Bertz CT molecular complexity index is 683. The Labute approximate surface area is 187 Å². The van der Waals surface area contributed by atoms with Crippen molar-refractivity contribution in [3.63, 3.8) is 0 Å². The number of hydrogen-bond donors (Lipinski definition) is 7. The van der Waals surface area contributed by atoms with Gasteiger partial charge in [0.1, 0.15) is 24.2 Å². The molecule has 12 nitrogen and oxygen atoms in total. The molecule has 0 heterocycles. The number of hydrogen-bond acceptors (Lipinski definition) is 7. The Morgan fingerprint density at radius 1 is 0.875 bits per heavy atom. The van der Waals surface area contributed by atoms with Crippen LogP contribution in [0.25, 0.3) is 0 Å². The average molecular weight is 460 g/mol. The van der Waals surface area contributed by atoms with Gasteiger partial charge in [0.05, 0.1) is 12.5 Å². The molecule has 4 amide bonds. The molecule has 0 bridgehead atoms. The molecular formula is C20H37N5O7. The second-order valence-corrected chi connectivity index (χ2v) is 8.40. The van der Waals surface area contributed by atoms with E-state index in [1.807, 2.05) is 0 Å². The number of rotatable bonds is 14. The van der Waals surface area contributed by atoms with Crippen LogP contribution < -0.4 is 27.4 Å². The highest BCUT2D eigenvalue weighted by Gasteiger charge is 2.33. The third-order valence-electron chi connectivity index (χ3n) is 4.98. The molecule has 0 fully saturated rings. The first-order valence-corrected chi connectivity index (χ1v) is 10.6. The quantitative estimate of drug-likeness (QED) is 0.157. The number of aliphatic hydroxyl groups is 1. The van der Waals surface area contributed by atoms with E-state index in [4.69, 9.17) is 11.5 Å². The average Bonchev–Trinajstić information content (AvgIpc) is 2.68. The van der Waals surface area contributed by atoms with E-state index in [2.05, 4.69) is 16.0 Å². The summed E-state index contributed by atoms with van der Waals surface area (Å²) in [5.74, 6) is -4.94. The number of nitrogens with one attached hydrogen (secondary N) is 3. The Morgan fingerprint density at radius 2 is 1.38 bits per heavy atom. The van der Waals surface area contributed by atoms with Crippen molar-refractivity contribution in [3.05, 3.63) is 0 Å². The molecule has 0 aromatic heterocycles. The van der Waals surface area contributed by atoms with Crippen LogP contribution in [-0.2, 0) is 24.0 Å². The highest BCUT2D eigenvalue weighted by atomic mass is 16.4. The summed E-state index contributed by atoms with van der Waals surface area (Å²) in [5, 5.41) is 26.0. The maximum atomic E-state index is 12.8. The molecule has 6 atom stereocenters. The van der Waals surface area contributed by atoms with Crippen LogP contribution in [0, 0.1) is 11.8 Å². The topological polar surface area (TPSA) is 214 Å². The van der Waals surface area contributed by atoms with E-state index in [0.717, 1.165) is 0 Å². The molecule has 9 N–H and O–H groups in total. The summed E-state index contributed by atoms with van der Waals surface area (Å²) in [4.78, 5) is 60.6. The van der Waals surface area contributed by atoms with Gasteiger partial charge in [-0.2, -0.15) is 0 Å². The van der Waals surface area contributed by atoms with Crippen LogP contribution in [0.15, 0.2) is 0 Å². The third kappa shape index (κ3) is 10.1. The predicted molar refractivity (Wildman–Crippen MR) is 116 cm³/mol. The number of aliphatic carboxylic acids is 1. The van der Waals surface area contributed by atoms with E-state index in [1.54, 1.807) is 27.7 Å². The van der Waals surface area contributed by atoms with Crippen molar-refractivity contribution in [2.24, 2.45) is 23.3 Å². The van der Waals surface area contributed by atoms with Crippen LogP contribution in [0.1, 0.15) is 53.9 Å². The zero-order valence-electron chi connectivity index (χ0n) is 19.3. The zero-order chi connectivity index (χ0) is 25.2. The number of nitrogens with two attached hydrogens (primary N) is 2. The molecule has 0 aliphatic heterocycles. The van der Waals surface area contributed by atoms with Gasteiger partial charge in [0.2, 0.25) is 23.6 Å². The summed E-state index contributed by atoms with van der Waals surface area (Å²) in [6.07, 6.45) is -1.09. The first-order chi connectivity index (χ1) is 14.7. The minimum Gasteiger partial charge on any atom is -0.480 e. The lowest BCUT2D eigenvalue weighted by Gasteiger charge is -2.27. The van der Waals surface area contributed by atoms with E-state index in [0.29, 0.717) is 6.42 Å². The summed E-state index contributed by atoms with van der Waals surface area (Å²) in [5.41, 5.74) is 10.7. The fourth-order valence-electron chi connectivity index (χ4n) is 2.81. The van der Waals surface area contributed by atoms with Crippen LogP contribution >= 0.6 is 0 Å². The van der Waals surface area contributed by atoms with Crippen molar-refractivity contribution in [2.75, 3.05) is 0 Å². The number of carbonyl (C=O) groups is 5. The van der Waals surface area contributed by atoms with Gasteiger partial charge in [0, 0.05) is 0 Å². The van der Waals surface area contributed by atoms with Crippen molar-refractivity contribution in [1.29, 1.82) is 0 Å². The molecule has 12 heteroatoms. The maximum absolute atomic E-state index is 12.8. The number of carboxylic acid groups (broad SMARTS) is 1. The van der Waals surface area contributed by atoms with E-state index in [1.165, 1.54) is 6.92 Å². The second kappa shape index (κ2) is 13.6. The minimum absolute atomic E-state index is 0.0502. The van der Waals surface area contributed by atoms with Gasteiger partial charge in [-0.05, 0) is 25.2 Å². The van der Waals surface area contributed by atoms with Crippen LogP contribution in [0.2, 0.25) is 0 Å². The van der Waals surface area contributed by atoms with Crippen molar-refractivity contribution in [2.45, 2.75) is 84.2 Å². The fourth-order valence-corrected chi connectivity index (χ4v) is 2.81. The normalized spacial score (nSPS) is 16.8. The number of aliphatic hydroxyl groups excluding tert-OH is 1. The lowest BCUT2D eigenvalue weighted by molar-refractivity contribution is -0.144. The highest BCUT2D eigenvalue weighted by Crippen LogP contribution is 2.11. The maximum Gasteiger partial charge on any atom is 0.326 e. The van der Waals surface area contributed by atoms with Crippen LogP contribution in [0.5, 0.6) is 0 Å². The number of amides is 4. The molecule has 184 valence electrons. The predicted octanol–water partition coefficient (Wildman–Crippen LogP) is -1.80. The molecule has 0 rings (SSSR count). The number of carboxylic acids is 1. The molecule has 0 aliphatic carbocycles. The number of primary amides is 1. The Hall–Kier alpha value is -2.73. The largest absolute Gasteiger partial charge is 0.480 e. The fraction of sp³-hybridized carbons (Fsp3) is 0.750. The molecule has 0 spiro atoms. The minimum atomic E-state index is -1.43. The monoisotopic (exact) mass is 459 g/mol. The van der Waals surface area contributed by atoms with Gasteiger partial charge in [0.15, 0.2) is 0 Å². The summed E-state index contributed by atoms with van der Waals surface area (Å²) < 4.78 is 0. The molecule has 32 heavy (non-hydrogen) atoms. The smallest absolute Gasteiger partial charge is 0.326 e. The Balaban J connectivity index is 5.59. The standard InChI is InChI=1S/C20H37N5O7/c1-6-10(4)16(20(31)32)25-18(29)12(7-9(2)3)23-17(28)13(8-14(21)27)24-19(30)15(22)11(5)26/h9-13,15-16,26H,6-8,22H2,1-5H3,(H2,21,27)(H,23,28)(H,24,30)(H,25,29)(H,31,32). The van der Waals surface area contributed by atoms with Gasteiger partial charge >= 0.3 is 5.97 Å². The van der Waals surface area contributed by atoms with Crippen molar-refractivity contribution < 1.29 is 34.2 Å². The van der Waals surface area contributed by atoms with Gasteiger partial charge in [-0.1, -0.05) is 34.1 Å². The Kier molecular flexibility index (Phi) is 12.5. The second-order valence-electron chi connectivity index (χ2n) is 8.40.